The number of aromatic nitrogens is 2. The summed E-state index contributed by atoms with van der Waals surface area (Å²) in [5, 5.41) is 0.505. The minimum atomic E-state index is -1.61. The van der Waals surface area contributed by atoms with Crippen LogP contribution in [-0.2, 0) is 0 Å². The van der Waals surface area contributed by atoms with Gasteiger partial charge in [0.25, 0.3) is 3.12 Å². The lowest BCUT2D eigenvalue weighted by Crippen LogP contribution is -2.14. The van der Waals surface area contributed by atoms with Gasteiger partial charge in [0.15, 0.2) is 0 Å². The van der Waals surface area contributed by atoms with E-state index in [1.54, 1.807) is 18.2 Å². The highest BCUT2D eigenvalue weighted by Crippen LogP contribution is 2.40. The number of H-pyrrole nitrogens is 1. The molecular weight excluding hydrogens is 314 g/mol. The summed E-state index contributed by atoms with van der Waals surface area (Å²) >= 11 is 23.5. The summed E-state index contributed by atoms with van der Waals surface area (Å²) in [5.41, 5.74) is 0.846. The van der Waals surface area contributed by atoms with Crippen LogP contribution in [-0.4, -0.2) is 12.1 Å². The maximum Gasteiger partial charge on any atom is 0.336 e. The molecule has 8 heteroatoms. The lowest BCUT2D eigenvalue weighted by Gasteiger charge is -2.09. The van der Waals surface area contributed by atoms with Crippen molar-refractivity contribution in [3.05, 3.63) is 33.7 Å². The van der Waals surface area contributed by atoms with E-state index in [1.165, 1.54) is 3.97 Å². The first-order valence-electron chi connectivity index (χ1n) is 4.03. The third kappa shape index (κ3) is 2.63. The summed E-state index contributed by atoms with van der Waals surface area (Å²) in [7, 11) is 0. The van der Waals surface area contributed by atoms with E-state index in [2.05, 4.69) is 4.98 Å². The molecule has 0 bridgehead atoms. The fraction of sp³-hybridized carbons (Fsp3) is 0.125. The van der Waals surface area contributed by atoms with E-state index in [1.807, 2.05) is 0 Å². The predicted octanol–water partition coefficient (Wildman–Crippen LogP) is 3.81. The average molecular weight is 318 g/mol. The highest BCUT2D eigenvalue weighted by atomic mass is 35.6. The molecule has 0 aliphatic heterocycles. The molecule has 0 fully saturated rings. The number of fused-ring (bicyclic) bond motifs is 1. The number of imidazole rings is 1. The van der Waals surface area contributed by atoms with E-state index in [0.717, 1.165) is 11.9 Å². The molecule has 0 unspecified atom stereocenters. The van der Waals surface area contributed by atoms with Gasteiger partial charge in [-0.15, -0.1) is 0 Å². The molecule has 0 atom stereocenters. The van der Waals surface area contributed by atoms with Crippen LogP contribution in [0.2, 0.25) is 5.02 Å². The normalized spacial score (nSPS) is 12.2. The molecule has 0 aliphatic carbocycles. The van der Waals surface area contributed by atoms with Crippen molar-refractivity contribution < 1.29 is 0 Å². The Labute approximate surface area is 115 Å². The molecule has 1 heterocycles. The zero-order valence-electron chi connectivity index (χ0n) is 7.51. The molecule has 86 valence electrons. The maximum absolute atomic E-state index is 11.6. The van der Waals surface area contributed by atoms with Crippen LogP contribution in [0.25, 0.3) is 11.0 Å². The highest BCUT2D eigenvalue weighted by Gasteiger charge is 2.24. The zero-order chi connectivity index (χ0) is 11.9. The van der Waals surface area contributed by atoms with Gasteiger partial charge in [-0.25, -0.2) is 8.77 Å². The number of nitrogens with one attached hydrogen (secondary N) is 1. The number of nitrogens with zero attached hydrogens (tertiary/aromatic N) is 1. The maximum atomic E-state index is 11.6. The summed E-state index contributed by atoms with van der Waals surface area (Å²) in [5.74, 6) is 0. The lowest BCUT2D eigenvalue weighted by atomic mass is 10.3. The van der Waals surface area contributed by atoms with Crippen molar-refractivity contribution in [2.24, 2.45) is 0 Å². The largest absolute Gasteiger partial charge is 0.336 e. The minimum absolute atomic E-state index is 0.367. The molecule has 1 N–H and O–H groups in total. The second kappa shape index (κ2) is 4.35. The van der Waals surface area contributed by atoms with Crippen molar-refractivity contribution in [1.82, 2.24) is 8.96 Å². The first-order valence-corrected chi connectivity index (χ1v) is 6.32. The quantitative estimate of drug-likeness (QED) is 0.812. The molecule has 2 rings (SSSR count). The third-order valence-corrected chi connectivity index (χ3v) is 3.41. The van der Waals surface area contributed by atoms with Crippen LogP contribution in [0.5, 0.6) is 0 Å². The topological polar surface area (TPSA) is 37.8 Å². The molecule has 0 aliphatic rings. The van der Waals surface area contributed by atoms with E-state index in [9.17, 15) is 4.79 Å². The fourth-order valence-corrected chi connectivity index (χ4v) is 2.62. The van der Waals surface area contributed by atoms with Crippen molar-refractivity contribution in [3.8, 4) is 0 Å². The van der Waals surface area contributed by atoms with Gasteiger partial charge in [0.2, 0.25) is 0 Å². The van der Waals surface area contributed by atoms with Gasteiger partial charge in [-0.05, 0) is 18.2 Å². The Bertz CT molecular complexity index is 586. The van der Waals surface area contributed by atoms with Gasteiger partial charge in [-0.3, -0.25) is 0 Å². The Kier molecular flexibility index (Phi) is 3.39. The minimum Gasteiger partial charge on any atom is -0.305 e. The Morgan fingerprint density at radius 3 is 2.62 bits per heavy atom. The standard InChI is InChI=1S/C8H4Cl4N2OS/c9-4-1-2-5-6(3-4)14(7(15)13-5)16-8(10,11)12/h1-3H,(H,13,15). The van der Waals surface area contributed by atoms with Crippen LogP contribution in [0.4, 0.5) is 0 Å². The predicted molar refractivity (Wildman–Crippen MR) is 70.8 cm³/mol. The van der Waals surface area contributed by atoms with Crippen LogP contribution in [0.1, 0.15) is 0 Å². The number of halogens is 4. The first-order chi connectivity index (χ1) is 7.37. The van der Waals surface area contributed by atoms with Crippen LogP contribution >= 0.6 is 58.4 Å². The summed E-state index contributed by atoms with van der Waals surface area (Å²) in [6.07, 6.45) is 0. The molecule has 0 saturated carbocycles. The first kappa shape index (κ1) is 12.5. The van der Waals surface area contributed by atoms with Crippen molar-refractivity contribution in [2.45, 2.75) is 3.12 Å². The molecule has 0 spiro atoms. The van der Waals surface area contributed by atoms with Crippen LogP contribution in [0, 0.1) is 0 Å². The van der Waals surface area contributed by atoms with Gasteiger partial charge < -0.3 is 4.98 Å². The third-order valence-electron chi connectivity index (χ3n) is 1.80. The molecule has 3 nitrogen and oxygen atoms in total. The van der Waals surface area contributed by atoms with E-state index >= 15 is 0 Å². The van der Waals surface area contributed by atoms with Crippen LogP contribution < -0.4 is 5.69 Å². The molecule has 0 radical (unpaired) electrons. The fourth-order valence-electron chi connectivity index (χ4n) is 1.25. The molecule has 1 aromatic heterocycles. The Hall–Kier alpha value is -0.000000000000000111. The molecule has 0 amide bonds. The summed E-state index contributed by atoms with van der Waals surface area (Å²) in [4.78, 5) is 14.2. The summed E-state index contributed by atoms with van der Waals surface area (Å²) in [6, 6.07) is 4.98. The number of alkyl halides is 3. The number of aromatic amines is 1. The highest BCUT2D eigenvalue weighted by molar-refractivity contribution is 8.03. The van der Waals surface area contributed by atoms with Crippen molar-refractivity contribution in [2.75, 3.05) is 0 Å². The van der Waals surface area contributed by atoms with E-state index < -0.39 is 3.12 Å². The number of rotatable bonds is 1. The van der Waals surface area contributed by atoms with E-state index in [0.29, 0.717) is 16.1 Å². The van der Waals surface area contributed by atoms with E-state index in [-0.39, 0.29) is 5.69 Å². The molecule has 0 saturated heterocycles. The van der Waals surface area contributed by atoms with Crippen LogP contribution in [0.15, 0.2) is 23.0 Å². The number of hydrogen-bond acceptors (Lipinski definition) is 2. The second-order valence-corrected chi connectivity index (χ2v) is 7.47. The van der Waals surface area contributed by atoms with Gasteiger partial charge in [0.1, 0.15) is 0 Å². The van der Waals surface area contributed by atoms with Crippen molar-refractivity contribution >= 4 is 69.4 Å². The Balaban J connectivity index is 2.63. The smallest absolute Gasteiger partial charge is 0.305 e. The summed E-state index contributed by atoms with van der Waals surface area (Å²) < 4.78 is -0.352. The van der Waals surface area contributed by atoms with E-state index in [4.69, 9.17) is 46.4 Å². The SMILES string of the molecule is O=c1[nH]c2ccc(Cl)cc2n1SC(Cl)(Cl)Cl. The summed E-state index contributed by atoms with van der Waals surface area (Å²) in [6.45, 7) is 0. The van der Waals surface area contributed by atoms with Gasteiger partial charge in [-0.1, -0.05) is 46.4 Å². The van der Waals surface area contributed by atoms with Crippen LogP contribution in [0.3, 0.4) is 0 Å². The monoisotopic (exact) mass is 316 g/mol. The Morgan fingerprint density at radius 2 is 2.00 bits per heavy atom. The van der Waals surface area contributed by atoms with Gasteiger partial charge in [0, 0.05) is 17.0 Å². The number of hydrogen-bond donors (Lipinski definition) is 1. The molecule has 1 aromatic carbocycles. The van der Waals surface area contributed by atoms with Crippen molar-refractivity contribution in [3.63, 3.8) is 0 Å². The Morgan fingerprint density at radius 1 is 1.31 bits per heavy atom. The molecular formula is C8H4Cl4N2OS. The number of benzene rings is 1. The molecule has 16 heavy (non-hydrogen) atoms. The molecule has 2 aromatic rings. The van der Waals surface area contributed by atoms with Gasteiger partial charge >= 0.3 is 5.69 Å². The lowest BCUT2D eigenvalue weighted by molar-refractivity contribution is 1.15. The van der Waals surface area contributed by atoms with Crippen molar-refractivity contribution in [1.29, 1.82) is 0 Å². The zero-order valence-corrected chi connectivity index (χ0v) is 11.3. The van der Waals surface area contributed by atoms with Gasteiger partial charge in [-0.2, -0.15) is 0 Å². The average Bonchev–Trinajstić information content (AvgIpc) is 2.42. The second-order valence-electron chi connectivity index (χ2n) is 2.92. The van der Waals surface area contributed by atoms with Gasteiger partial charge in [0.05, 0.1) is 11.0 Å².